The van der Waals surface area contributed by atoms with Crippen molar-refractivity contribution in [2.24, 2.45) is 0 Å². The molecule has 0 amide bonds. The zero-order valence-corrected chi connectivity index (χ0v) is 34.8. The Morgan fingerprint density at radius 1 is 0.400 bits per heavy atom. The first-order valence-corrected chi connectivity index (χ1v) is 28.9. The summed E-state index contributed by atoms with van der Waals surface area (Å²) in [6.07, 6.45) is 0. The molecule has 0 unspecified atom stereocenters. The summed E-state index contributed by atoms with van der Waals surface area (Å²) >= 11 is -7.19. The van der Waals surface area contributed by atoms with E-state index in [0.717, 1.165) is 0 Å². The Morgan fingerprint density at radius 3 is 0.675 bits per heavy atom. The number of carbonyl (C=O) groups excluding carboxylic acids is 4. The number of rotatable bonds is 0. The fraction of sp³-hybridized carbons (Fsp3) is 0.750. The molecule has 8 radical (unpaired) electrons. The quantitative estimate of drug-likeness (QED) is 0.113. The van der Waals surface area contributed by atoms with Gasteiger partial charge in [0.25, 0.3) is 0 Å². The molecule has 0 saturated carbocycles. The van der Waals surface area contributed by atoms with Crippen LogP contribution in [0.5, 0.6) is 0 Å². The second-order valence-electron chi connectivity index (χ2n) is 5.28. The summed E-state index contributed by atoms with van der Waals surface area (Å²) in [7, 11) is 19.7. The Hall–Kier alpha value is 1.79. The molecule has 1 heterocycles. The van der Waals surface area contributed by atoms with Gasteiger partial charge in [0.1, 0.15) is 26.4 Å². The summed E-state index contributed by atoms with van der Waals surface area (Å²) in [5.74, 6) is -4.47. The van der Waals surface area contributed by atoms with Gasteiger partial charge in [-0.05, 0) is 0 Å². The molecule has 1 saturated heterocycles. The average molecular weight is 1100 g/mol. The number of ether oxygens (including phenoxy) is 8. The van der Waals surface area contributed by atoms with E-state index in [2.05, 4.69) is 18.9 Å². The molecule has 0 aromatic heterocycles. The zero-order chi connectivity index (χ0) is 31.3. The number of esters is 4. The van der Waals surface area contributed by atoms with Crippen LogP contribution < -0.4 is 0 Å². The van der Waals surface area contributed by atoms with Crippen LogP contribution in [0.2, 0.25) is 0 Å². The average Bonchev–Trinajstić information content (AvgIpc) is 2.91. The Morgan fingerprint density at radius 2 is 0.525 bits per heavy atom. The van der Waals surface area contributed by atoms with E-state index in [1.807, 2.05) is 0 Å². The summed E-state index contributed by atoms with van der Waals surface area (Å²) in [6.45, 7) is 0.512. The van der Waals surface area contributed by atoms with Crippen molar-refractivity contribution in [3.63, 3.8) is 0 Å². The van der Waals surface area contributed by atoms with E-state index in [9.17, 15) is 30.6 Å². The van der Waals surface area contributed by atoms with Crippen molar-refractivity contribution in [1.29, 1.82) is 0 Å². The maximum absolute atomic E-state index is 11.4. The van der Waals surface area contributed by atoms with Gasteiger partial charge in [0.15, 0.2) is 0 Å². The van der Waals surface area contributed by atoms with Crippen molar-refractivity contribution in [1.82, 2.24) is 0 Å². The van der Waals surface area contributed by atoms with Crippen molar-refractivity contribution >= 4 is 142 Å². The molecule has 0 bridgehead atoms. The van der Waals surface area contributed by atoms with Gasteiger partial charge in [-0.2, -0.15) is 0 Å². The fourth-order valence-electron chi connectivity index (χ4n) is 1.65. The van der Waals surface area contributed by atoms with Gasteiger partial charge < -0.3 is 37.9 Å². The van der Waals surface area contributed by atoms with E-state index >= 15 is 0 Å². The zero-order valence-electron chi connectivity index (χ0n) is 20.4. The van der Waals surface area contributed by atoms with Crippen LogP contribution in [-0.4, -0.2) is 186 Å². The van der Waals surface area contributed by atoms with Crippen LogP contribution in [0.15, 0.2) is 0 Å². The predicted molar refractivity (Wildman–Crippen MR) is 138 cm³/mol. The summed E-state index contributed by atoms with van der Waals surface area (Å²) in [5.41, 5.74) is 0. The van der Waals surface area contributed by atoms with Gasteiger partial charge in [-0.15, -0.1) is 0 Å². The minimum atomic E-state index is -2.77. The summed E-state index contributed by atoms with van der Waals surface area (Å²) in [5, 5.41) is 0. The van der Waals surface area contributed by atoms with Crippen LogP contribution >= 0.6 is 35.7 Å². The third kappa shape index (κ3) is 46.7. The van der Waals surface area contributed by atoms with Crippen LogP contribution in [0.3, 0.4) is 0 Å². The Balaban J connectivity index is -0.000000459. The Labute approximate surface area is 286 Å². The monoisotopic (exact) mass is 1100 g/mol. The third-order valence-electron chi connectivity index (χ3n) is 2.92. The van der Waals surface area contributed by atoms with Gasteiger partial charge in [0.2, 0.25) is 0 Å². The number of halogens is 8. The molecule has 1 aliphatic heterocycles. The first-order chi connectivity index (χ1) is 19.3. The number of hydrogen-bond acceptors (Lipinski definition) is 12. The molecule has 40 heavy (non-hydrogen) atoms. The van der Waals surface area contributed by atoms with E-state index in [-0.39, 0.29) is 79.3 Å². The van der Waals surface area contributed by atoms with E-state index < -0.39 is 106 Å². The second kappa shape index (κ2) is 45.2. The number of hydrogen-bond donors (Lipinski definition) is 0. The molecule has 12 nitrogen and oxygen atoms in total. The maximum atomic E-state index is 11.4. The third-order valence-corrected chi connectivity index (χ3v) is 2.92. The molecular formula is C16H24Cl4F4O12Sn4. The van der Waals surface area contributed by atoms with Crippen molar-refractivity contribution in [3.8, 4) is 0 Å². The fourth-order valence-corrected chi connectivity index (χ4v) is 1.65. The molecule has 0 aliphatic carbocycles. The predicted octanol–water partition coefficient (Wildman–Crippen LogP) is 1.15. The molecule has 0 aromatic carbocycles. The molecule has 1 rings (SSSR count). The molecule has 232 valence electrons. The van der Waals surface area contributed by atoms with Crippen LogP contribution in [0.1, 0.15) is 0 Å². The van der Waals surface area contributed by atoms with Gasteiger partial charge in [0.05, 0.1) is 52.9 Å². The molecular weight excluding hydrogens is 1080 g/mol. The van der Waals surface area contributed by atoms with Gasteiger partial charge in [-0.1, -0.05) is 0 Å². The minimum absolute atomic E-state index is 0.0618. The van der Waals surface area contributed by atoms with Crippen LogP contribution in [0.25, 0.3) is 0 Å². The SMILES string of the molecule is O=C1OCCOCCOCCOC(=O)C(=O)OCCOCCOCCOC1=O.[Cl][Sn][Cl].[Cl][Sn][Cl].[F][Sn][F].[F][Sn][F]. The van der Waals surface area contributed by atoms with Crippen molar-refractivity contribution in [2.75, 3.05) is 79.3 Å². The van der Waals surface area contributed by atoms with Gasteiger partial charge >= 0.3 is 153 Å². The molecule has 24 heteroatoms. The van der Waals surface area contributed by atoms with Crippen LogP contribution in [0, 0.1) is 0 Å². The van der Waals surface area contributed by atoms with Crippen molar-refractivity contribution < 1.29 is 68.5 Å². The van der Waals surface area contributed by atoms with Crippen LogP contribution in [0.4, 0.5) is 11.5 Å². The standard InChI is InChI=1S/C16H24O12.4ClH.4FH.4Sn/c17-13-14(18)27-11-7-23-3-4-24-8-12-28-16(20)15(19)26-10-6-22-2-1-21-5-9-25-13;;;;;;;;;;;;/h1-12H2;8*1H;;;;/q;;;;;;;;;4*+2/p-8. The first kappa shape index (κ1) is 48.7. The topological polar surface area (TPSA) is 142 Å². The molecule has 0 N–H and O–H groups in total. The van der Waals surface area contributed by atoms with Gasteiger partial charge in [0, 0.05) is 0 Å². The Bertz CT molecular complexity index is 506. The van der Waals surface area contributed by atoms with Gasteiger partial charge in [-0.25, -0.2) is 19.2 Å². The summed E-state index contributed by atoms with van der Waals surface area (Å²) in [6, 6.07) is 0. The number of carbonyl (C=O) groups is 4. The second-order valence-corrected chi connectivity index (χ2v) is 14.6. The van der Waals surface area contributed by atoms with E-state index in [1.54, 1.807) is 0 Å². The summed E-state index contributed by atoms with van der Waals surface area (Å²) < 4.78 is 78.4. The molecule has 0 spiro atoms. The first-order valence-electron chi connectivity index (χ1n) is 10.1. The van der Waals surface area contributed by atoms with E-state index in [1.165, 1.54) is 0 Å². The van der Waals surface area contributed by atoms with Crippen LogP contribution in [-0.2, 0) is 57.1 Å². The van der Waals surface area contributed by atoms with Gasteiger partial charge in [-0.3, -0.25) is 0 Å². The molecule has 1 fully saturated rings. The molecule has 1 aliphatic rings. The summed E-state index contributed by atoms with van der Waals surface area (Å²) in [4.78, 5) is 45.4. The number of cyclic esters (lactones) is 4. The Kier molecular flexibility index (Phi) is 55.1. The molecule has 0 atom stereocenters. The van der Waals surface area contributed by atoms with Crippen molar-refractivity contribution in [3.05, 3.63) is 0 Å². The normalized spacial score (nSPS) is 16.8. The van der Waals surface area contributed by atoms with E-state index in [0.29, 0.717) is 0 Å². The van der Waals surface area contributed by atoms with Crippen molar-refractivity contribution in [2.45, 2.75) is 0 Å². The molecule has 0 aromatic rings. The van der Waals surface area contributed by atoms with E-state index in [4.69, 9.17) is 54.6 Å².